The SMILES string of the molecule is COc1cc2c(cc1OC)-c1c3c(cc4c1C(C2)N(C)CC4)OCO3.Cl. The van der Waals surface area contributed by atoms with Crippen molar-refractivity contribution in [2.75, 3.05) is 34.6 Å². The van der Waals surface area contributed by atoms with Crippen LogP contribution in [0.3, 0.4) is 0 Å². The van der Waals surface area contributed by atoms with E-state index in [1.807, 2.05) is 0 Å². The Balaban J connectivity index is 0.00000168. The minimum atomic E-state index is 0. The number of likely N-dealkylation sites (N-methyl/N-ethyl adjacent to an activating group) is 1. The molecule has 1 aliphatic carbocycles. The molecule has 0 bridgehead atoms. The summed E-state index contributed by atoms with van der Waals surface area (Å²) in [6.07, 6.45) is 2.00. The molecule has 1 unspecified atom stereocenters. The third-order valence-electron chi connectivity index (χ3n) is 5.68. The highest BCUT2D eigenvalue weighted by Crippen LogP contribution is 2.55. The number of halogens is 1. The van der Waals surface area contributed by atoms with E-state index in [0.29, 0.717) is 6.04 Å². The van der Waals surface area contributed by atoms with Crippen LogP contribution >= 0.6 is 12.4 Å². The average Bonchev–Trinajstić information content (AvgIpc) is 3.11. The molecule has 0 saturated carbocycles. The monoisotopic (exact) mass is 375 g/mol. The first kappa shape index (κ1) is 17.3. The minimum absolute atomic E-state index is 0. The maximum Gasteiger partial charge on any atom is 0.231 e. The van der Waals surface area contributed by atoms with Gasteiger partial charge in [0, 0.05) is 18.2 Å². The molecule has 0 N–H and O–H groups in total. The largest absolute Gasteiger partial charge is 0.493 e. The Morgan fingerprint density at radius 3 is 2.58 bits per heavy atom. The van der Waals surface area contributed by atoms with E-state index in [0.717, 1.165) is 42.4 Å². The van der Waals surface area contributed by atoms with Crippen LogP contribution in [0.25, 0.3) is 11.1 Å². The molecule has 6 heteroatoms. The van der Waals surface area contributed by atoms with Crippen LogP contribution in [0.15, 0.2) is 18.2 Å². The molecule has 0 saturated heterocycles. The second-order valence-electron chi connectivity index (χ2n) is 6.87. The van der Waals surface area contributed by atoms with E-state index >= 15 is 0 Å². The van der Waals surface area contributed by atoms with Gasteiger partial charge in [-0.25, -0.2) is 0 Å². The Morgan fingerprint density at radius 1 is 1.04 bits per heavy atom. The molecule has 2 aliphatic heterocycles. The highest BCUT2D eigenvalue weighted by molar-refractivity contribution is 5.86. The lowest BCUT2D eigenvalue weighted by Crippen LogP contribution is -2.35. The van der Waals surface area contributed by atoms with Crippen molar-refractivity contribution < 1.29 is 18.9 Å². The summed E-state index contributed by atoms with van der Waals surface area (Å²) in [5.74, 6) is 3.24. The first-order valence-electron chi connectivity index (χ1n) is 8.62. The summed E-state index contributed by atoms with van der Waals surface area (Å²) in [7, 11) is 5.56. The van der Waals surface area contributed by atoms with E-state index in [9.17, 15) is 0 Å². The zero-order valence-electron chi connectivity index (χ0n) is 15.1. The Hall–Kier alpha value is -2.11. The molecule has 3 aliphatic rings. The molecular weight excluding hydrogens is 354 g/mol. The van der Waals surface area contributed by atoms with Gasteiger partial charge in [0.15, 0.2) is 23.0 Å². The summed E-state index contributed by atoms with van der Waals surface area (Å²) in [5.41, 5.74) is 6.37. The molecule has 0 amide bonds. The lowest BCUT2D eigenvalue weighted by molar-refractivity contribution is 0.174. The molecule has 0 spiro atoms. The zero-order chi connectivity index (χ0) is 17.1. The molecular formula is C20H22ClNO4. The number of nitrogens with zero attached hydrogens (tertiary/aromatic N) is 1. The van der Waals surface area contributed by atoms with Crippen LogP contribution in [-0.4, -0.2) is 39.5 Å². The second kappa shape index (κ2) is 6.25. The van der Waals surface area contributed by atoms with Gasteiger partial charge >= 0.3 is 0 Å². The van der Waals surface area contributed by atoms with Crippen molar-refractivity contribution in [3.05, 3.63) is 34.9 Å². The number of ether oxygens (including phenoxy) is 4. The van der Waals surface area contributed by atoms with Crippen LogP contribution in [-0.2, 0) is 12.8 Å². The second-order valence-corrected chi connectivity index (χ2v) is 6.87. The fraction of sp³-hybridized carbons (Fsp3) is 0.400. The Morgan fingerprint density at radius 2 is 1.81 bits per heavy atom. The van der Waals surface area contributed by atoms with E-state index in [-0.39, 0.29) is 19.2 Å². The summed E-state index contributed by atoms with van der Waals surface area (Å²) in [6.45, 7) is 1.34. The number of methoxy groups -OCH3 is 2. The number of hydrogen-bond donors (Lipinski definition) is 0. The first-order chi connectivity index (χ1) is 12.2. The Bertz CT molecular complexity index is 883. The van der Waals surface area contributed by atoms with E-state index in [4.69, 9.17) is 18.9 Å². The van der Waals surface area contributed by atoms with E-state index < -0.39 is 0 Å². The molecule has 5 rings (SSSR count). The lowest BCUT2D eigenvalue weighted by atomic mass is 9.76. The van der Waals surface area contributed by atoms with Crippen molar-refractivity contribution in [3.8, 4) is 34.1 Å². The van der Waals surface area contributed by atoms with Crippen molar-refractivity contribution in [1.29, 1.82) is 0 Å². The van der Waals surface area contributed by atoms with Gasteiger partial charge in [0.1, 0.15) is 0 Å². The van der Waals surface area contributed by atoms with Crippen LogP contribution in [0.5, 0.6) is 23.0 Å². The van der Waals surface area contributed by atoms with Gasteiger partial charge in [-0.15, -0.1) is 12.4 Å². The number of rotatable bonds is 2. The molecule has 2 heterocycles. The highest BCUT2D eigenvalue weighted by atomic mass is 35.5. The van der Waals surface area contributed by atoms with Gasteiger partial charge in [0.2, 0.25) is 6.79 Å². The number of benzene rings is 2. The van der Waals surface area contributed by atoms with Crippen LogP contribution in [0.2, 0.25) is 0 Å². The Labute approximate surface area is 159 Å². The molecule has 2 aromatic rings. The van der Waals surface area contributed by atoms with Crippen molar-refractivity contribution in [3.63, 3.8) is 0 Å². The van der Waals surface area contributed by atoms with Gasteiger partial charge < -0.3 is 18.9 Å². The standard InChI is InChI=1S/C20H21NO4.ClH/c1-21-5-4-11-7-17-20(25-10-24-17)19-13-9-16(23-3)15(22-2)8-12(13)6-14(21)18(11)19;/h7-9,14H,4-6,10H2,1-3H3;1H. The number of fused-ring (bicyclic) bond motifs is 4. The van der Waals surface area contributed by atoms with Gasteiger partial charge in [-0.2, -0.15) is 0 Å². The zero-order valence-corrected chi connectivity index (χ0v) is 15.9. The summed E-state index contributed by atoms with van der Waals surface area (Å²) >= 11 is 0. The summed E-state index contributed by atoms with van der Waals surface area (Å²) in [5, 5.41) is 0. The maximum absolute atomic E-state index is 5.88. The minimum Gasteiger partial charge on any atom is -0.493 e. The molecule has 138 valence electrons. The third-order valence-corrected chi connectivity index (χ3v) is 5.68. The average molecular weight is 376 g/mol. The van der Waals surface area contributed by atoms with Crippen LogP contribution < -0.4 is 18.9 Å². The van der Waals surface area contributed by atoms with Crippen LogP contribution in [0, 0.1) is 0 Å². The lowest BCUT2D eigenvalue weighted by Gasteiger charge is -2.40. The van der Waals surface area contributed by atoms with Gasteiger partial charge in [-0.05, 0) is 60.3 Å². The van der Waals surface area contributed by atoms with Crippen molar-refractivity contribution in [2.45, 2.75) is 18.9 Å². The van der Waals surface area contributed by atoms with Gasteiger partial charge in [-0.1, -0.05) is 0 Å². The molecule has 0 aromatic heterocycles. The smallest absolute Gasteiger partial charge is 0.231 e. The molecule has 0 radical (unpaired) electrons. The summed E-state index contributed by atoms with van der Waals surface area (Å²) in [6, 6.07) is 6.72. The predicted octanol–water partition coefficient (Wildman–Crippen LogP) is 3.61. The highest BCUT2D eigenvalue weighted by Gasteiger charge is 2.38. The van der Waals surface area contributed by atoms with E-state index in [1.165, 1.54) is 27.8 Å². The van der Waals surface area contributed by atoms with Gasteiger partial charge in [0.25, 0.3) is 0 Å². The Kier molecular flexibility index (Phi) is 4.16. The topological polar surface area (TPSA) is 40.2 Å². The van der Waals surface area contributed by atoms with E-state index in [1.54, 1.807) is 14.2 Å². The van der Waals surface area contributed by atoms with Gasteiger partial charge in [0.05, 0.1) is 14.2 Å². The molecule has 26 heavy (non-hydrogen) atoms. The van der Waals surface area contributed by atoms with Crippen LogP contribution in [0.4, 0.5) is 0 Å². The first-order valence-corrected chi connectivity index (χ1v) is 8.62. The third kappa shape index (κ3) is 2.27. The maximum atomic E-state index is 5.88. The van der Waals surface area contributed by atoms with Crippen LogP contribution in [0.1, 0.15) is 22.7 Å². The number of hydrogen-bond acceptors (Lipinski definition) is 5. The fourth-order valence-electron chi connectivity index (χ4n) is 4.43. The van der Waals surface area contributed by atoms with Crippen molar-refractivity contribution >= 4 is 12.4 Å². The molecule has 1 atom stereocenters. The molecule has 5 nitrogen and oxygen atoms in total. The predicted molar refractivity (Wildman–Crippen MR) is 101 cm³/mol. The molecule has 0 fully saturated rings. The fourth-order valence-corrected chi connectivity index (χ4v) is 4.43. The normalized spacial score (nSPS) is 19.3. The molecule has 2 aromatic carbocycles. The summed E-state index contributed by atoms with van der Waals surface area (Å²) < 4.78 is 22.7. The van der Waals surface area contributed by atoms with Gasteiger partial charge in [-0.3, -0.25) is 4.90 Å². The quantitative estimate of drug-likeness (QED) is 0.802. The van der Waals surface area contributed by atoms with Crippen molar-refractivity contribution in [2.24, 2.45) is 0 Å². The summed E-state index contributed by atoms with van der Waals surface area (Å²) in [4.78, 5) is 2.44. The van der Waals surface area contributed by atoms with Crippen molar-refractivity contribution in [1.82, 2.24) is 4.90 Å². The van der Waals surface area contributed by atoms with E-state index in [2.05, 4.69) is 30.1 Å².